The largest absolute Gasteiger partial charge is 0.481 e. The molecule has 5 heteroatoms. The number of aliphatic hydroxyl groups is 1. The number of fused-ring (bicyclic) bond motifs is 5. The molecule has 4 rings (SSSR count). The number of esters is 1. The van der Waals surface area contributed by atoms with Gasteiger partial charge >= 0.3 is 11.9 Å². The number of hydrogen-bond donors (Lipinski definition) is 2. The minimum absolute atomic E-state index is 0.0383. The summed E-state index contributed by atoms with van der Waals surface area (Å²) in [6.45, 7) is 17.1. The van der Waals surface area contributed by atoms with Gasteiger partial charge in [0.15, 0.2) is 0 Å². The zero-order valence-corrected chi connectivity index (χ0v) is 26.5. The predicted molar refractivity (Wildman–Crippen MR) is 159 cm³/mol. The molecule has 0 radical (unpaired) electrons. The lowest BCUT2D eigenvalue weighted by Gasteiger charge is -2.59. The number of carboxylic acids is 1. The quantitative estimate of drug-likeness (QED) is 0.222. The molecule has 4 aliphatic rings. The van der Waals surface area contributed by atoms with E-state index < -0.39 is 11.6 Å². The molecular formula is C34H60O5. The summed E-state index contributed by atoms with van der Waals surface area (Å²) >= 11 is 0. The second-order valence-corrected chi connectivity index (χ2v) is 13.1. The predicted octanol–water partition coefficient (Wildman–Crippen LogP) is 8.73. The van der Waals surface area contributed by atoms with E-state index in [0.29, 0.717) is 5.41 Å². The van der Waals surface area contributed by atoms with Gasteiger partial charge in [0, 0.05) is 0 Å². The van der Waals surface area contributed by atoms with Crippen molar-refractivity contribution >= 4 is 11.9 Å². The molecule has 39 heavy (non-hydrogen) atoms. The standard InChI is InChI=1S/C30H48O5.2C2H6/c1-5-22(35-27(33)14-13-26(31)32)8-6-7-20-10-12-24-23-11-9-21-19-28(2,34)17-18-30(21,4)25(23)15-16-29(20,24)3;2*1-2/h9,20,22-25,34H,5-8,10-19H2,1-4H3,(H,31,32);2*1-2H3/t20-,22?,23-,24?,25?,28-,29?,30-;;/m0../s1. The van der Waals surface area contributed by atoms with E-state index in [0.717, 1.165) is 62.2 Å². The van der Waals surface area contributed by atoms with Crippen LogP contribution < -0.4 is 0 Å². The highest BCUT2D eigenvalue weighted by atomic mass is 16.5. The number of carbonyl (C=O) groups excluding carboxylic acids is 1. The molecule has 0 amide bonds. The van der Waals surface area contributed by atoms with Crippen LogP contribution in [0.5, 0.6) is 0 Å². The summed E-state index contributed by atoms with van der Waals surface area (Å²) in [4.78, 5) is 22.7. The van der Waals surface area contributed by atoms with Gasteiger partial charge in [0.25, 0.3) is 0 Å². The molecule has 3 fully saturated rings. The maximum Gasteiger partial charge on any atom is 0.306 e. The minimum Gasteiger partial charge on any atom is -0.481 e. The lowest BCUT2D eigenvalue weighted by molar-refractivity contribution is -0.152. The monoisotopic (exact) mass is 548 g/mol. The Morgan fingerprint density at radius 1 is 1.00 bits per heavy atom. The Kier molecular flexibility index (Phi) is 12.6. The summed E-state index contributed by atoms with van der Waals surface area (Å²) < 4.78 is 5.57. The van der Waals surface area contributed by atoms with Gasteiger partial charge in [-0.25, -0.2) is 0 Å². The Morgan fingerprint density at radius 3 is 2.33 bits per heavy atom. The van der Waals surface area contributed by atoms with Crippen LogP contribution in [0, 0.1) is 34.5 Å². The van der Waals surface area contributed by atoms with E-state index in [4.69, 9.17) is 9.84 Å². The van der Waals surface area contributed by atoms with Gasteiger partial charge in [-0.05, 0) is 118 Å². The van der Waals surface area contributed by atoms with Crippen LogP contribution in [0.25, 0.3) is 0 Å². The van der Waals surface area contributed by atoms with E-state index in [1.54, 1.807) is 0 Å². The molecule has 3 saturated carbocycles. The third kappa shape index (κ3) is 7.68. The molecule has 2 N–H and O–H groups in total. The summed E-state index contributed by atoms with van der Waals surface area (Å²) in [5.41, 5.74) is 1.71. The molecule has 8 atom stereocenters. The zero-order chi connectivity index (χ0) is 29.4. The molecule has 226 valence electrons. The van der Waals surface area contributed by atoms with Crippen LogP contribution in [0.4, 0.5) is 0 Å². The second kappa shape index (κ2) is 14.5. The molecular weight excluding hydrogens is 488 g/mol. The van der Waals surface area contributed by atoms with Crippen LogP contribution >= 0.6 is 0 Å². The van der Waals surface area contributed by atoms with Gasteiger partial charge in [0.05, 0.1) is 18.4 Å². The molecule has 4 unspecified atom stereocenters. The van der Waals surface area contributed by atoms with E-state index in [-0.39, 0.29) is 30.3 Å². The summed E-state index contributed by atoms with van der Waals surface area (Å²) in [5, 5.41) is 19.5. The topological polar surface area (TPSA) is 83.8 Å². The number of hydrogen-bond acceptors (Lipinski definition) is 4. The summed E-state index contributed by atoms with van der Waals surface area (Å²) in [5.74, 6) is 1.77. The summed E-state index contributed by atoms with van der Waals surface area (Å²) in [6, 6.07) is 0. The molecule has 0 heterocycles. The van der Waals surface area contributed by atoms with E-state index in [9.17, 15) is 14.7 Å². The SMILES string of the molecule is CC.CC.CCC(CCC[C@H]1CCC2[C@@H]3CC=C4C[C@@](C)(O)CC[C@]4(C)C3CCC21C)OC(=O)CCC(=O)O. The van der Waals surface area contributed by atoms with Crippen molar-refractivity contribution in [1.82, 2.24) is 0 Å². The fourth-order valence-electron chi connectivity index (χ4n) is 8.78. The molecule has 5 nitrogen and oxygen atoms in total. The normalized spacial score (nSPS) is 37.3. The van der Waals surface area contributed by atoms with Crippen molar-refractivity contribution in [3.8, 4) is 0 Å². The van der Waals surface area contributed by atoms with Crippen LogP contribution in [0.1, 0.15) is 145 Å². The van der Waals surface area contributed by atoms with Crippen LogP contribution in [-0.2, 0) is 14.3 Å². The van der Waals surface area contributed by atoms with Crippen LogP contribution in [-0.4, -0.2) is 33.9 Å². The molecule has 0 aromatic rings. The van der Waals surface area contributed by atoms with Crippen molar-refractivity contribution in [2.75, 3.05) is 0 Å². The molecule has 0 saturated heterocycles. The molecule has 4 aliphatic carbocycles. The first-order valence-corrected chi connectivity index (χ1v) is 16.3. The number of ether oxygens (including phenoxy) is 1. The van der Waals surface area contributed by atoms with Crippen LogP contribution in [0.2, 0.25) is 0 Å². The van der Waals surface area contributed by atoms with Crippen molar-refractivity contribution in [1.29, 1.82) is 0 Å². The number of allylic oxidation sites excluding steroid dienone is 1. The first-order valence-electron chi connectivity index (χ1n) is 16.3. The first-order chi connectivity index (χ1) is 18.5. The lowest BCUT2D eigenvalue weighted by Crippen LogP contribution is -2.51. The average molecular weight is 549 g/mol. The Balaban J connectivity index is 0.00000127. The molecule has 0 bridgehead atoms. The molecule has 0 aliphatic heterocycles. The van der Waals surface area contributed by atoms with Gasteiger partial charge < -0.3 is 14.9 Å². The molecule has 0 spiro atoms. The van der Waals surface area contributed by atoms with Crippen molar-refractivity contribution in [3.05, 3.63) is 11.6 Å². The highest BCUT2D eigenvalue weighted by molar-refractivity contribution is 5.76. The van der Waals surface area contributed by atoms with E-state index in [2.05, 4.69) is 19.9 Å². The smallest absolute Gasteiger partial charge is 0.306 e. The van der Waals surface area contributed by atoms with E-state index in [1.807, 2.05) is 41.5 Å². The average Bonchev–Trinajstić information content (AvgIpc) is 3.25. The van der Waals surface area contributed by atoms with Gasteiger partial charge in [-0.15, -0.1) is 0 Å². The van der Waals surface area contributed by atoms with Crippen molar-refractivity contribution < 1.29 is 24.5 Å². The van der Waals surface area contributed by atoms with Crippen LogP contribution in [0.3, 0.4) is 0 Å². The number of rotatable bonds is 9. The number of aliphatic carboxylic acids is 1. The zero-order valence-electron chi connectivity index (χ0n) is 26.5. The van der Waals surface area contributed by atoms with Crippen LogP contribution in [0.15, 0.2) is 11.6 Å². The Bertz CT molecular complexity index is 831. The Labute approximate surface area is 239 Å². The van der Waals surface area contributed by atoms with E-state index in [1.165, 1.54) is 44.1 Å². The highest BCUT2D eigenvalue weighted by Gasteiger charge is 2.58. The van der Waals surface area contributed by atoms with E-state index >= 15 is 0 Å². The van der Waals surface area contributed by atoms with Gasteiger partial charge in [-0.3, -0.25) is 9.59 Å². The number of carboxylic acid groups (broad SMARTS) is 1. The van der Waals surface area contributed by atoms with Gasteiger partial charge in [-0.2, -0.15) is 0 Å². The lowest BCUT2D eigenvalue weighted by atomic mass is 9.46. The van der Waals surface area contributed by atoms with Crippen molar-refractivity contribution in [2.24, 2.45) is 34.5 Å². The van der Waals surface area contributed by atoms with Gasteiger partial charge in [0.1, 0.15) is 6.10 Å². The third-order valence-corrected chi connectivity index (χ3v) is 11.0. The molecule has 0 aromatic carbocycles. The van der Waals surface area contributed by atoms with Crippen molar-refractivity contribution in [2.45, 2.75) is 157 Å². The Morgan fingerprint density at radius 2 is 1.69 bits per heavy atom. The van der Waals surface area contributed by atoms with Gasteiger partial charge in [0.2, 0.25) is 0 Å². The highest BCUT2D eigenvalue weighted by Crippen LogP contribution is 2.67. The summed E-state index contributed by atoms with van der Waals surface area (Å²) in [6.07, 6.45) is 15.6. The number of carbonyl (C=O) groups is 2. The van der Waals surface area contributed by atoms with Gasteiger partial charge in [-0.1, -0.05) is 60.1 Å². The summed E-state index contributed by atoms with van der Waals surface area (Å²) in [7, 11) is 0. The maximum absolute atomic E-state index is 12.0. The third-order valence-electron chi connectivity index (χ3n) is 11.0. The maximum atomic E-state index is 12.0. The Hall–Kier alpha value is -1.36. The fraction of sp³-hybridized carbons (Fsp3) is 0.882. The first kappa shape index (κ1) is 33.8. The minimum atomic E-state index is -0.956. The molecule has 0 aromatic heterocycles. The fourth-order valence-corrected chi connectivity index (χ4v) is 8.78. The second-order valence-electron chi connectivity index (χ2n) is 13.1. The van der Waals surface area contributed by atoms with Crippen molar-refractivity contribution in [3.63, 3.8) is 0 Å².